The lowest BCUT2D eigenvalue weighted by molar-refractivity contribution is -0.116. The van der Waals surface area contributed by atoms with Crippen LogP contribution in [-0.2, 0) is 9.59 Å². The number of rotatable bonds is 4. The average Bonchev–Trinajstić information content (AvgIpc) is 3.04. The number of hydrogen-bond donors (Lipinski definition) is 1. The third kappa shape index (κ3) is 3.09. The summed E-state index contributed by atoms with van der Waals surface area (Å²) in [5, 5.41) is 2.81. The van der Waals surface area contributed by atoms with Gasteiger partial charge in [0.15, 0.2) is 5.78 Å². The molecule has 2 heterocycles. The summed E-state index contributed by atoms with van der Waals surface area (Å²) in [6.45, 7) is 11.3. The fourth-order valence-corrected chi connectivity index (χ4v) is 3.03. The topological polar surface area (TPSA) is 49.4 Å². The zero-order chi connectivity index (χ0) is 15.6. The minimum Gasteiger partial charge on any atom is -0.369 e. The van der Waals surface area contributed by atoms with Crippen molar-refractivity contribution in [3.05, 3.63) is 35.1 Å². The van der Waals surface area contributed by atoms with Crippen LogP contribution in [0.2, 0.25) is 0 Å². The van der Waals surface area contributed by atoms with Gasteiger partial charge in [-0.15, -0.1) is 0 Å². The number of carbonyl (C=O) groups excluding carboxylic acids is 2. The van der Waals surface area contributed by atoms with Gasteiger partial charge in [-0.1, -0.05) is 13.5 Å². The molecule has 2 aliphatic rings. The lowest BCUT2D eigenvalue weighted by atomic mass is 9.98. The van der Waals surface area contributed by atoms with Crippen molar-refractivity contribution in [2.45, 2.75) is 46.1 Å². The van der Waals surface area contributed by atoms with E-state index in [1.807, 2.05) is 13.0 Å². The van der Waals surface area contributed by atoms with Crippen LogP contribution in [-0.4, -0.2) is 35.7 Å². The first kappa shape index (κ1) is 15.5. The van der Waals surface area contributed by atoms with Gasteiger partial charge in [-0.25, -0.2) is 0 Å². The summed E-state index contributed by atoms with van der Waals surface area (Å²) in [5.41, 5.74) is 2.96. The Hall–Kier alpha value is -1.84. The predicted octanol–water partition coefficient (Wildman–Crippen LogP) is 2.34. The highest BCUT2D eigenvalue weighted by atomic mass is 16.2. The maximum atomic E-state index is 12.0. The van der Waals surface area contributed by atoms with Crippen LogP contribution in [0.1, 0.15) is 40.0 Å². The Kier molecular flexibility index (Phi) is 4.66. The molecule has 2 aliphatic heterocycles. The van der Waals surface area contributed by atoms with Crippen LogP contribution < -0.4 is 5.32 Å². The summed E-state index contributed by atoms with van der Waals surface area (Å²) in [5.74, 6) is -0.0196. The van der Waals surface area contributed by atoms with E-state index in [9.17, 15) is 9.59 Å². The summed E-state index contributed by atoms with van der Waals surface area (Å²) >= 11 is 0. The van der Waals surface area contributed by atoms with Crippen molar-refractivity contribution in [2.24, 2.45) is 0 Å². The van der Waals surface area contributed by atoms with Gasteiger partial charge in [-0.2, -0.15) is 0 Å². The molecule has 1 N–H and O–H groups in total. The van der Waals surface area contributed by atoms with Gasteiger partial charge in [-0.05, 0) is 43.9 Å². The van der Waals surface area contributed by atoms with Crippen molar-refractivity contribution in [1.82, 2.24) is 10.2 Å². The highest BCUT2D eigenvalue weighted by Gasteiger charge is 2.27. The Morgan fingerprint density at radius 3 is 2.81 bits per heavy atom. The molecular weight excluding hydrogens is 264 g/mol. The molecule has 0 saturated carbocycles. The number of allylic oxidation sites excluding steroid dienone is 2. The zero-order valence-corrected chi connectivity index (χ0v) is 13.2. The number of Topliss-reactive ketones (excluding diaryl/α,β-unsaturated/α-hetero) is 1. The molecule has 2 rings (SSSR count). The Labute approximate surface area is 126 Å². The SMILES string of the molecule is C=C(/C=C1/C(=O)NC/C1=C(/C)C(=O)CC)N1CCCC1C. The Balaban J connectivity index is 2.30. The van der Waals surface area contributed by atoms with Gasteiger partial charge in [0, 0.05) is 36.8 Å². The van der Waals surface area contributed by atoms with E-state index < -0.39 is 0 Å². The minimum atomic E-state index is -0.110. The molecule has 4 nitrogen and oxygen atoms in total. The number of carbonyl (C=O) groups is 2. The molecule has 2 fully saturated rings. The normalized spacial score (nSPS) is 26.2. The van der Waals surface area contributed by atoms with E-state index in [1.54, 1.807) is 6.92 Å². The average molecular weight is 288 g/mol. The fourth-order valence-electron chi connectivity index (χ4n) is 3.03. The fraction of sp³-hybridized carbons (Fsp3) is 0.529. The van der Waals surface area contributed by atoms with Gasteiger partial charge in [-0.3, -0.25) is 9.59 Å². The van der Waals surface area contributed by atoms with E-state index >= 15 is 0 Å². The summed E-state index contributed by atoms with van der Waals surface area (Å²) in [6, 6.07) is 0.463. The largest absolute Gasteiger partial charge is 0.369 e. The molecule has 0 bridgehead atoms. The maximum Gasteiger partial charge on any atom is 0.251 e. The van der Waals surface area contributed by atoms with Crippen LogP contribution >= 0.6 is 0 Å². The molecule has 0 aromatic carbocycles. The smallest absolute Gasteiger partial charge is 0.251 e. The van der Waals surface area contributed by atoms with Crippen LogP contribution in [0.5, 0.6) is 0 Å². The van der Waals surface area contributed by atoms with Gasteiger partial charge in [0.2, 0.25) is 0 Å². The third-order valence-electron chi connectivity index (χ3n) is 4.42. The van der Waals surface area contributed by atoms with Crippen LogP contribution in [0.15, 0.2) is 35.1 Å². The quantitative estimate of drug-likeness (QED) is 0.808. The van der Waals surface area contributed by atoms with E-state index in [1.165, 1.54) is 0 Å². The molecule has 4 heteroatoms. The number of nitrogens with one attached hydrogen (secondary N) is 1. The van der Waals surface area contributed by atoms with E-state index in [0.717, 1.165) is 30.7 Å². The number of hydrogen-bond acceptors (Lipinski definition) is 3. The molecule has 0 aromatic rings. The Morgan fingerprint density at radius 1 is 1.52 bits per heavy atom. The summed E-state index contributed by atoms with van der Waals surface area (Å²) < 4.78 is 0. The molecule has 1 unspecified atom stereocenters. The van der Waals surface area contributed by atoms with Gasteiger partial charge in [0.1, 0.15) is 0 Å². The maximum absolute atomic E-state index is 12.0. The van der Waals surface area contributed by atoms with Crippen LogP contribution in [0, 0.1) is 0 Å². The summed E-state index contributed by atoms with van der Waals surface area (Å²) in [6.07, 6.45) is 4.61. The molecular formula is C17H24N2O2. The van der Waals surface area contributed by atoms with Crippen molar-refractivity contribution in [3.8, 4) is 0 Å². The highest BCUT2D eigenvalue weighted by molar-refractivity contribution is 6.06. The van der Waals surface area contributed by atoms with Gasteiger partial charge >= 0.3 is 0 Å². The Morgan fingerprint density at radius 2 is 2.24 bits per heavy atom. The van der Waals surface area contributed by atoms with E-state index in [4.69, 9.17) is 0 Å². The van der Waals surface area contributed by atoms with Crippen molar-refractivity contribution < 1.29 is 9.59 Å². The molecule has 0 spiro atoms. The molecule has 1 amide bonds. The standard InChI is InChI=1S/C17H24N2O2/c1-5-16(20)13(4)15-10-18-17(21)14(15)9-12(3)19-8-6-7-11(19)2/h9,11H,3,5-8,10H2,1-2,4H3,(H,18,21)/b14-9+,15-13+. The van der Waals surface area contributed by atoms with E-state index in [2.05, 4.69) is 23.7 Å². The summed E-state index contributed by atoms with van der Waals surface area (Å²) in [7, 11) is 0. The van der Waals surface area contributed by atoms with Gasteiger partial charge in [0.05, 0.1) is 0 Å². The monoisotopic (exact) mass is 288 g/mol. The summed E-state index contributed by atoms with van der Waals surface area (Å²) in [4.78, 5) is 26.2. The molecule has 0 aromatic heterocycles. The van der Waals surface area contributed by atoms with Crippen LogP contribution in [0.3, 0.4) is 0 Å². The third-order valence-corrected chi connectivity index (χ3v) is 4.42. The molecule has 114 valence electrons. The Bertz CT molecular complexity index is 543. The lowest BCUT2D eigenvalue weighted by Gasteiger charge is -2.24. The second-order valence-electron chi connectivity index (χ2n) is 5.80. The molecule has 0 radical (unpaired) electrons. The second-order valence-corrected chi connectivity index (χ2v) is 5.80. The lowest BCUT2D eigenvalue weighted by Crippen LogP contribution is -2.25. The van der Waals surface area contributed by atoms with Crippen molar-refractivity contribution in [3.63, 3.8) is 0 Å². The van der Waals surface area contributed by atoms with Gasteiger partial charge in [0.25, 0.3) is 5.91 Å². The first-order valence-electron chi connectivity index (χ1n) is 7.64. The number of likely N-dealkylation sites (tertiary alicyclic amines) is 1. The molecule has 0 aliphatic carbocycles. The molecule has 1 atom stereocenters. The highest BCUT2D eigenvalue weighted by Crippen LogP contribution is 2.26. The van der Waals surface area contributed by atoms with E-state index in [-0.39, 0.29) is 11.7 Å². The van der Waals surface area contributed by atoms with Crippen molar-refractivity contribution in [1.29, 1.82) is 0 Å². The van der Waals surface area contributed by atoms with E-state index in [0.29, 0.717) is 30.2 Å². The second kappa shape index (κ2) is 6.29. The predicted molar refractivity (Wildman–Crippen MR) is 83.6 cm³/mol. The number of ketones is 1. The van der Waals surface area contributed by atoms with Crippen molar-refractivity contribution in [2.75, 3.05) is 13.1 Å². The zero-order valence-electron chi connectivity index (χ0n) is 13.2. The minimum absolute atomic E-state index is 0.0903. The number of nitrogens with zero attached hydrogens (tertiary/aromatic N) is 1. The van der Waals surface area contributed by atoms with Crippen LogP contribution in [0.25, 0.3) is 0 Å². The molecule has 2 saturated heterocycles. The first-order valence-corrected chi connectivity index (χ1v) is 7.64. The van der Waals surface area contributed by atoms with Crippen molar-refractivity contribution >= 4 is 11.7 Å². The molecule has 21 heavy (non-hydrogen) atoms. The first-order chi connectivity index (χ1) is 9.95. The van der Waals surface area contributed by atoms with Gasteiger partial charge < -0.3 is 10.2 Å². The number of amides is 1. The van der Waals surface area contributed by atoms with Crippen LogP contribution in [0.4, 0.5) is 0 Å².